The zero-order valence-electron chi connectivity index (χ0n) is 12.1. The van der Waals surface area contributed by atoms with E-state index in [-0.39, 0.29) is 0 Å². The van der Waals surface area contributed by atoms with Gasteiger partial charge in [-0.1, -0.05) is 35.9 Å². The fourth-order valence-electron chi connectivity index (χ4n) is 2.52. The molecular formula is C17H19N3. The molecule has 0 aliphatic rings. The first-order chi connectivity index (χ1) is 9.65. The molecule has 0 amide bonds. The summed E-state index contributed by atoms with van der Waals surface area (Å²) in [6.45, 7) is 5.07. The second kappa shape index (κ2) is 5.00. The van der Waals surface area contributed by atoms with Gasteiger partial charge in [0.05, 0.1) is 11.0 Å². The second-order valence-electron chi connectivity index (χ2n) is 5.27. The maximum atomic E-state index is 4.63. The number of aromatic nitrogens is 2. The Morgan fingerprint density at radius 3 is 2.65 bits per heavy atom. The van der Waals surface area contributed by atoms with Gasteiger partial charge in [0.25, 0.3) is 0 Å². The number of hydrogen-bond donors (Lipinski definition) is 1. The Hall–Kier alpha value is -2.29. The van der Waals surface area contributed by atoms with E-state index < -0.39 is 0 Å². The first-order valence-electron chi connectivity index (χ1n) is 6.86. The minimum atomic E-state index is 0.795. The van der Waals surface area contributed by atoms with Crippen LogP contribution >= 0.6 is 0 Å². The van der Waals surface area contributed by atoms with E-state index in [0.717, 1.165) is 23.5 Å². The van der Waals surface area contributed by atoms with Crippen molar-refractivity contribution in [3.05, 3.63) is 59.2 Å². The average molecular weight is 265 g/mol. The molecule has 3 aromatic rings. The van der Waals surface area contributed by atoms with Gasteiger partial charge in [0.15, 0.2) is 0 Å². The van der Waals surface area contributed by atoms with Crippen molar-refractivity contribution < 1.29 is 0 Å². The number of fused-ring (bicyclic) bond motifs is 1. The number of nitrogens with zero attached hydrogens (tertiary/aromatic N) is 2. The molecule has 0 spiro atoms. The molecule has 0 aliphatic carbocycles. The first kappa shape index (κ1) is 12.7. The first-order valence-corrected chi connectivity index (χ1v) is 6.86. The average Bonchev–Trinajstić information content (AvgIpc) is 2.75. The van der Waals surface area contributed by atoms with Gasteiger partial charge in [-0.05, 0) is 37.1 Å². The molecule has 0 radical (unpaired) electrons. The summed E-state index contributed by atoms with van der Waals surface area (Å²) in [6.07, 6.45) is 0. The molecular weight excluding hydrogens is 246 g/mol. The van der Waals surface area contributed by atoms with Gasteiger partial charge >= 0.3 is 0 Å². The van der Waals surface area contributed by atoms with Gasteiger partial charge in [0.1, 0.15) is 0 Å². The van der Waals surface area contributed by atoms with Crippen LogP contribution in [0.15, 0.2) is 42.5 Å². The molecule has 0 saturated carbocycles. The van der Waals surface area contributed by atoms with Crippen LogP contribution in [0.2, 0.25) is 0 Å². The highest BCUT2D eigenvalue weighted by Crippen LogP contribution is 2.19. The summed E-state index contributed by atoms with van der Waals surface area (Å²) in [7, 11) is 2.04. The van der Waals surface area contributed by atoms with Gasteiger partial charge in [0, 0.05) is 13.6 Å². The molecule has 0 fully saturated rings. The minimum absolute atomic E-state index is 0.795. The van der Waals surface area contributed by atoms with Crippen LogP contribution in [0.25, 0.3) is 11.0 Å². The topological polar surface area (TPSA) is 29.9 Å². The molecule has 2 aromatic carbocycles. The quantitative estimate of drug-likeness (QED) is 0.780. The van der Waals surface area contributed by atoms with Crippen LogP contribution in [0.4, 0.5) is 5.95 Å². The van der Waals surface area contributed by atoms with Gasteiger partial charge < -0.3 is 9.88 Å². The molecule has 1 heterocycles. The molecule has 102 valence electrons. The summed E-state index contributed by atoms with van der Waals surface area (Å²) in [5.41, 5.74) is 6.10. The van der Waals surface area contributed by atoms with Crippen molar-refractivity contribution in [2.45, 2.75) is 20.4 Å². The molecule has 3 heteroatoms. The summed E-state index contributed by atoms with van der Waals surface area (Å²) in [6, 6.07) is 14.7. The monoisotopic (exact) mass is 265 g/mol. The van der Waals surface area contributed by atoms with E-state index in [4.69, 9.17) is 0 Å². The molecule has 1 aromatic heterocycles. The zero-order valence-corrected chi connectivity index (χ0v) is 12.1. The Labute approximate surface area is 119 Å². The predicted octanol–water partition coefficient (Wildman–Crippen LogP) is 3.80. The number of rotatable bonds is 3. The molecule has 3 rings (SSSR count). The van der Waals surface area contributed by atoms with E-state index in [1.807, 2.05) is 25.2 Å². The van der Waals surface area contributed by atoms with Crippen molar-refractivity contribution in [3.63, 3.8) is 0 Å². The lowest BCUT2D eigenvalue weighted by atomic mass is 10.1. The van der Waals surface area contributed by atoms with E-state index >= 15 is 0 Å². The number of imidazole rings is 1. The summed E-state index contributed by atoms with van der Waals surface area (Å²) < 4.78 is 2.10. The van der Waals surface area contributed by atoms with Gasteiger partial charge in [-0.2, -0.15) is 0 Å². The molecule has 3 nitrogen and oxygen atoms in total. The molecule has 0 unspecified atom stereocenters. The smallest absolute Gasteiger partial charge is 0.203 e. The van der Waals surface area contributed by atoms with Crippen molar-refractivity contribution in [1.29, 1.82) is 0 Å². The highest BCUT2D eigenvalue weighted by Gasteiger charge is 2.07. The van der Waals surface area contributed by atoms with Crippen LogP contribution in [-0.2, 0) is 13.6 Å². The maximum absolute atomic E-state index is 4.63. The fourth-order valence-corrected chi connectivity index (χ4v) is 2.52. The standard InChI is InChI=1S/C17H19N3/c1-12-8-9-14(13(2)10-12)11-18-17-19-15-6-4-5-7-16(15)20(17)3/h4-10H,11H2,1-3H3,(H,18,19). The van der Waals surface area contributed by atoms with Crippen LogP contribution in [0.1, 0.15) is 16.7 Å². The Kier molecular flexibility index (Phi) is 3.18. The minimum Gasteiger partial charge on any atom is -0.352 e. The van der Waals surface area contributed by atoms with Crippen LogP contribution in [0, 0.1) is 13.8 Å². The van der Waals surface area contributed by atoms with Crippen molar-refractivity contribution in [3.8, 4) is 0 Å². The number of para-hydroxylation sites is 2. The summed E-state index contributed by atoms with van der Waals surface area (Å²) >= 11 is 0. The molecule has 0 bridgehead atoms. The van der Waals surface area contributed by atoms with Crippen LogP contribution in [0.5, 0.6) is 0 Å². The lowest BCUT2D eigenvalue weighted by molar-refractivity contribution is 0.925. The fraction of sp³-hybridized carbons (Fsp3) is 0.235. The SMILES string of the molecule is Cc1ccc(CNc2nc3ccccc3n2C)c(C)c1. The van der Waals surface area contributed by atoms with Crippen LogP contribution in [0.3, 0.4) is 0 Å². The highest BCUT2D eigenvalue weighted by atomic mass is 15.2. The predicted molar refractivity (Wildman–Crippen MR) is 84.0 cm³/mol. The van der Waals surface area contributed by atoms with E-state index in [9.17, 15) is 0 Å². The number of hydrogen-bond acceptors (Lipinski definition) is 2. The lowest BCUT2D eigenvalue weighted by Crippen LogP contribution is -2.06. The van der Waals surface area contributed by atoms with Crippen molar-refractivity contribution in [2.75, 3.05) is 5.32 Å². The summed E-state index contributed by atoms with van der Waals surface area (Å²) in [5, 5.41) is 3.43. The third-order valence-corrected chi connectivity index (χ3v) is 3.72. The Morgan fingerprint density at radius 2 is 1.90 bits per heavy atom. The lowest BCUT2D eigenvalue weighted by Gasteiger charge is -2.09. The van der Waals surface area contributed by atoms with E-state index in [1.165, 1.54) is 16.7 Å². The third kappa shape index (κ3) is 2.27. The Bertz CT molecular complexity index is 756. The zero-order chi connectivity index (χ0) is 14.1. The number of benzene rings is 2. The molecule has 0 atom stereocenters. The van der Waals surface area contributed by atoms with Gasteiger partial charge in [-0.15, -0.1) is 0 Å². The normalized spacial score (nSPS) is 10.9. The molecule has 20 heavy (non-hydrogen) atoms. The van der Waals surface area contributed by atoms with Crippen molar-refractivity contribution >= 4 is 17.0 Å². The maximum Gasteiger partial charge on any atom is 0.203 e. The van der Waals surface area contributed by atoms with Crippen LogP contribution in [-0.4, -0.2) is 9.55 Å². The number of anilines is 1. The van der Waals surface area contributed by atoms with E-state index in [2.05, 4.69) is 53.0 Å². The van der Waals surface area contributed by atoms with Gasteiger partial charge in [-0.25, -0.2) is 4.98 Å². The van der Waals surface area contributed by atoms with Crippen molar-refractivity contribution in [2.24, 2.45) is 7.05 Å². The number of nitrogens with one attached hydrogen (secondary N) is 1. The molecule has 1 N–H and O–H groups in total. The summed E-state index contributed by atoms with van der Waals surface area (Å²) in [4.78, 5) is 4.63. The Balaban J connectivity index is 1.85. The van der Waals surface area contributed by atoms with E-state index in [1.54, 1.807) is 0 Å². The van der Waals surface area contributed by atoms with Crippen molar-refractivity contribution in [1.82, 2.24) is 9.55 Å². The Morgan fingerprint density at radius 1 is 1.10 bits per heavy atom. The van der Waals surface area contributed by atoms with Crippen LogP contribution < -0.4 is 5.32 Å². The third-order valence-electron chi connectivity index (χ3n) is 3.72. The summed E-state index contributed by atoms with van der Waals surface area (Å²) in [5.74, 6) is 0.908. The van der Waals surface area contributed by atoms with E-state index in [0.29, 0.717) is 0 Å². The molecule has 0 saturated heterocycles. The van der Waals surface area contributed by atoms with Gasteiger partial charge in [-0.3, -0.25) is 0 Å². The second-order valence-corrected chi connectivity index (χ2v) is 5.27. The number of aryl methyl sites for hydroxylation is 3. The van der Waals surface area contributed by atoms with Gasteiger partial charge in [0.2, 0.25) is 5.95 Å². The largest absolute Gasteiger partial charge is 0.352 e. The molecule has 0 aliphatic heterocycles. The highest BCUT2D eigenvalue weighted by molar-refractivity contribution is 5.78.